The van der Waals surface area contributed by atoms with E-state index in [0.717, 1.165) is 9.71 Å². The lowest BCUT2D eigenvalue weighted by Gasteiger charge is -2.44. The second-order valence-electron chi connectivity index (χ2n) is 6.60. The predicted octanol–water partition coefficient (Wildman–Crippen LogP) is -0.819. The summed E-state index contributed by atoms with van der Waals surface area (Å²) in [6, 6.07) is -0.315. The standard InChI is InChI=1S/C16H16N4O5S/c1-7(21)13-9-2-8(14(16(24)25)20(9)15(13)23)10-3-19-6-18(4-11(17)22)5-12(19)26-10/h3,5-7,9,13,21H,2,4H2,1H3,(H2-,17,22,24,25)/p+1/t7-,9-,13-/m1/s1. The van der Waals surface area contributed by atoms with Crippen molar-refractivity contribution in [3.05, 3.63) is 29.3 Å². The van der Waals surface area contributed by atoms with Crippen LogP contribution >= 0.6 is 11.3 Å². The van der Waals surface area contributed by atoms with Crippen LogP contribution < -0.4 is 10.3 Å². The zero-order valence-electron chi connectivity index (χ0n) is 13.8. The van der Waals surface area contributed by atoms with E-state index in [2.05, 4.69) is 0 Å². The number of hydrogen-bond acceptors (Lipinski definition) is 5. The molecule has 10 heteroatoms. The molecule has 0 unspecified atom stereocenters. The molecule has 4 heterocycles. The van der Waals surface area contributed by atoms with Crippen LogP contribution in [0.15, 0.2) is 24.4 Å². The first-order chi connectivity index (χ1) is 12.3. The average molecular weight is 377 g/mol. The van der Waals surface area contributed by atoms with Crippen molar-refractivity contribution >= 4 is 39.5 Å². The highest BCUT2D eigenvalue weighted by atomic mass is 32.1. The average Bonchev–Trinajstić information content (AvgIpc) is 3.14. The number of aromatic nitrogens is 2. The molecule has 1 fully saturated rings. The molecule has 26 heavy (non-hydrogen) atoms. The molecular weight excluding hydrogens is 360 g/mol. The van der Waals surface area contributed by atoms with Gasteiger partial charge in [0.05, 0.1) is 22.9 Å². The van der Waals surface area contributed by atoms with Gasteiger partial charge in [-0.05, 0) is 13.3 Å². The van der Waals surface area contributed by atoms with Crippen LogP contribution in [0.2, 0.25) is 0 Å². The van der Waals surface area contributed by atoms with Crippen LogP contribution in [0, 0.1) is 5.92 Å². The second kappa shape index (κ2) is 5.64. The Hall–Kier alpha value is -2.72. The Labute approximate surface area is 151 Å². The molecule has 136 valence electrons. The van der Waals surface area contributed by atoms with Gasteiger partial charge in [-0.2, -0.15) is 4.40 Å². The Morgan fingerprint density at radius 1 is 1.50 bits per heavy atom. The van der Waals surface area contributed by atoms with Gasteiger partial charge in [-0.1, -0.05) is 11.3 Å². The highest BCUT2D eigenvalue weighted by Gasteiger charge is 2.57. The maximum atomic E-state index is 12.3. The maximum Gasteiger partial charge on any atom is 0.352 e. The third-order valence-corrected chi connectivity index (χ3v) is 5.94. The summed E-state index contributed by atoms with van der Waals surface area (Å²) in [6.45, 7) is 1.61. The number of thiazole rings is 1. The van der Waals surface area contributed by atoms with Gasteiger partial charge < -0.3 is 20.8 Å². The van der Waals surface area contributed by atoms with Gasteiger partial charge in [-0.3, -0.25) is 9.59 Å². The maximum absolute atomic E-state index is 12.3. The molecule has 0 radical (unpaired) electrons. The number of imidazole rings is 1. The fraction of sp³-hybridized carbons (Fsp3) is 0.375. The van der Waals surface area contributed by atoms with E-state index in [-0.39, 0.29) is 24.2 Å². The van der Waals surface area contributed by atoms with Gasteiger partial charge in [-0.25, -0.2) is 9.36 Å². The first kappa shape index (κ1) is 16.7. The van der Waals surface area contributed by atoms with E-state index in [0.29, 0.717) is 12.0 Å². The van der Waals surface area contributed by atoms with Crippen LogP contribution in [0.4, 0.5) is 0 Å². The van der Waals surface area contributed by atoms with E-state index in [4.69, 9.17) is 5.73 Å². The molecule has 2 aliphatic rings. The smallest absolute Gasteiger partial charge is 0.352 e. The molecule has 0 bridgehead atoms. The van der Waals surface area contributed by atoms with Crippen molar-refractivity contribution in [3.8, 4) is 0 Å². The number of aliphatic hydroxyl groups is 1. The Balaban J connectivity index is 1.71. The van der Waals surface area contributed by atoms with E-state index >= 15 is 0 Å². The molecule has 0 saturated carbocycles. The highest BCUT2D eigenvalue weighted by molar-refractivity contribution is 7.18. The molecule has 2 aliphatic heterocycles. The summed E-state index contributed by atoms with van der Waals surface area (Å²) in [4.78, 5) is 37.9. The molecule has 4 N–H and O–H groups in total. The number of fused-ring (bicyclic) bond motifs is 2. The molecule has 2 amide bonds. The first-order valence-electron chi connectivity index (χ1n) is 8.04. The third-order valence-electron chi connectivity index (χ3n) is 4.84. The van der Waals surface area contributed by atoms with Crippen LogP contribution in [0.25, 0.3) is 10.4 Å². The Morgan fingerprint density at radius 2 is 2.23 bits per heavy atom. The number of β-lactam (4-membered cyclic amide) rings is 1. The fourth-order valence-electron chi connectivity index (χ4n) is 3.80. The van der Waals surface area contributed by atoms with E-state index in [1.165, 1.54) is 16.2 Å². The number of aliphatic carboxylic acids is 1. The van der Waals surface area contributed by atoms with Crippen molar-refractivity contribution in [2.45, 2.75) is 32.0 Å². The molecular formula is C16H17N4O5S+. The summed E-state index contributed by atoms with van der Waals surface area (Å²) in [6.07, 6.45) is 4.82. The van der Waals surface area contributed by atoms with E-state index < -0.39 is 23.9 Å². The summed E-state index contributed by atoms with van der Waals surface area (Å²) in [5.74, 6) is -2.51. The van der Waals surface area contributed by atoms with Crippen LogP contribution in [0.1, 0.15) is 18.2 Å². The fourth-order valence-corrected chi connectivity index (χ4v) is 4.88. The van der Waals surface area contributed by atoms with E-state index in [9.17, 15) is 24.6 Å². The lowest BCUT2D eigenvalue weighted by molar-refractivity contribution is -0.682. The number of hydrogen-bond donors (Lipinski definition) is 3. The van der Waals surface area contributed by atoms with Gasteiger partial charge >= 0.3 is 5.97 Å². The quantitative estimate of drug-likeness (QED) is 0.463. The first-order valence-corrected chi connectivity index (χ1v) is 8.86. The van der Waals surface area contributed by atoms with Crippen molar-refractivity contribution in [2.75, 3.05) is 0 Å². The van der Waals surface area contributed by atoms with Gasteiger partial charge in [-0.15, -0.1) is 0 Å². The number of rotatable bonds is 5. The summed E-state index contributed by atoms with van der Waals surface area (Å²) in [7, 11) is 0. The minimum atomic E-state index is -1.15. The molecule has 3 atom stereocenters. The van der Waals surface area contributed by atoms with Crippen LogP contribution in [0.3, 0.4) is 0 Å². The number of nitrogens with zero attached hydrogens (tertiary/aromatic N) is 3. The third kappa shape index (κ3) is 2.33. The van der Waals surface area contributed by atoms with Crippen molar-refractivity contribution in [2.24, 2.45) is 11.7 Å². The number of carboxylic acid groups (broad SMARTS) is 1. The number of carbonyl (C=O) groups is 3. The van der Waals surface area contributed by atoms with Gasteiger partial charge in [0.15, 0.2) is 6.54 Å². The van der Waals surface area contributed by atoms with Crippen molar-refractivity contribution in [1.82, 2.24) is 9.30 Å². The number of carboxylic acids is 1. The number of carbonyl (C=O) groups excluding carboxylic acids is 2. The Kier molecular flexibility index (Phi) is 3.63. The van der Waals surface area contributed by atoms with Crippen molar-refractivity contribution in [1.29, 1.82) is 0 Å². The van der Waals surface area contributed by atoms with Crippen LogP contribution in [-0.4, -0.2) is 49.4 Å². The molecule has 1 saturated heterocycles. The normalized spacial score (nSPS) is 23.3. The van der Waals surface area contributed by atoms with Crippen LogP contribution in [0.5, 0.6) is 0 Å². The molecule has 0 aliphatic carbocycles. The predicted molar refractivity (Wildman–Crippen MR) is 89.6 cm³/mol. The van der Waals surface area contributed by atoms with Gasteiger partial charge in [0, 0.05) is 5.57 Å². The molecule has 0 aromatic carbocycles. The molecule has 4 rings (SSSR count). The lowest BCUT2D eigenvalue weighted by atomic mass is 9.83. The zero-order valence-corrected chi connectivity index (χ0v) is 14.6. The lowest BCUT2D eigenvalue weighted by Crippen LogP contribution is -2.61. The molecule has 0 spiro atoms. The summed E-state index contributed by atoms with van der Waals surface area (Å²) in [5.41, 5.74) is 5.77. The molecule has 2 aromatic rings. The SMILES string of the molecule is C[C@@H](O)[C@H]1C(=O)N2C(C(=O)O)=C(c3cn4c[n+](CC(N)=O)cc4s3)C[C@H]12. The minimum absolute atomic E-state index is 0.00795. The minimum Gasteiger partial charge on any atom is -0.477 e. The van der Waals surface area contributed by atoms with Crippen molar-refractivity contribution < 1.29 is 29.2 Å². The topological polar surface area (TPSA) is 129 Å². The summed E-state index contributed by atoms with van der Waals surface area (Å²) in [5, 5.41) is 19.4. The summed E-state index contributed by atoms with van der Waals surface area (Å²) < 4.78 is 3.44. The molecule has 2 aromatic heterocycles. The number of aliphatic hydroxyl groups excluding tert-OH is 1. The van der Waals surface area contributed by atoms with Gasteiger partial charge in [0.2, 0.25) is 17.1 Å². The molecule has 9 nitrogen and oxygen atoms in total. The van der Waals surface area contributed by atoms with E-state index in [1.54, 1.807) is 34.6 Å². The highest BCUT2D eigenvalue weighted by Crippen LogP contribution is 2.48. The van der Waals surface area contributed by atoms with Crippen LogP contribution in [-0.2, 0) is 20.9 Å². The largest absolute Gasteiger partial charge is 0.477 e. The number of nitrogens with two attached hydrogens (primary N) is 1. The zero-order chi connectivity index (χ0) is 18.7. The Bertz CT molecular complexity index is 957. The monoisotopic (exact) mass is 377 g/mol. The second-order valence-corrected chi connectivity index (χ2v) is 7.66. The number of primary amides is 1. The summed E-state index contributed by atoms with van der Waals surface area (Å²) >= 11 is 1.37. The van der Waals surface area contributed by atoms with E-state index in [1.807, 2.05) is 0 Å². The Morgan fingerprint density at radius 3 is 2.81 bits per heavy atom. The van der Waals surface area contributed by atoms with Gasteiger partial charge in [0.1, 0.15) is 18.1 Å². The van der Waals surface area contributed by atoms with Gasteiger partial charge in [0.25, 0.3) is 5.91 Å². The number of amides is 2. The van der Waals surface area contributed by atoms with Crippen molar-refractivity contribution in [3.63, 3.8) is 0 Å².